The van der Waals surface area contributed by atoms with Gasteiger partial charge < -0.3 is 14.8 Å². The van der Waals surface area contributed by atoms with Crippen molar-refractivity contribution in [2.45, 2.75) is 32.9 Å². The summed E-state index contributed by atoms with van der Waals surface area (Å²) in [6.45, 7) is 9.17. The first-order chi connectivity index (χ1) is 15.0. The Morgan fingerprint density at radius 1 is 0.968 bits per heavy atom. The van der Waals surface area contributed by atoms with Crippen LogP contribution in [0.1, 0.15) is 36.1 Å². The number of hydrogen-bond donors (Lipinski definition) is 1. The number of ether oxygens (including phenoxy) is 2. The Hall–Kier alpha value is -2.57. The number of nitrogens with one attached hydrogen (secondary N) is 1. The molecule has 1 fully saturated rings. The first-order valence-electron chi connectivity index (χ1n) is 11.0. The SMILES string of the molecule is CC[C@@H](NC(=O)CN1CCN(Cc2ccc(OC)c(OC)c2)CC1)c1ccc(C)cc1. The third-order valence-electron chi connectivity index (χ3n) is 5.91. The van der Waals surface area contributed by atoms with Crippen LogP contribution in [-0.4, -0.2) is 62.7 Å². The fourth-order valence-corrected chi connectivity index (χ4v) is 4.01. The molecule has 1 aliphatic rings. The Bertz CT molecular complexity index is 846. The van der Waals surface area contributed by atoms with Crippen LogP contribution in [0.25, 0.3) is 0 Å². The average molecular weight is 426 g/mol. The third kappa shape index (κ3) is 6.45. The van der Waals surface area contributed by atoms with Crippen molar-refractivity contribution < 1.29 is 14.3 Å². The van der Waals surface area contributed by atoms with Gasteiger partial charge in [0.25, 0.3) is 0 Å². The summed E-state index contributed by atoms with van der Waals surface area (Å²) in [7, 11) is 3.31. The van der Waals surface area contributed by atoms with Crippen LogP contribution in [0.15, 0.2) is 42.5 Å². The van der Waals surface area contributed by atoms with Crippen LogP contribution < -0.4 is 14.8 Å². The predicted octanol–water partition coefficient (Wildman–Crippen LogP) is 3.40. The topological polar surface area (TPSA) is 54.0 Å². The minimum absolute atomic E-state index is 0.0689. The summed E-state index contributed by atoms with van der Waals surface area (Å²) >= 11 is 0. The fraction of sp³-hybridized carbons (Fsp3) is 0.480. The minimum atomic E-state index is 0.0689. The van der Waals surface area contributed by atoms with E-state index >= 15 is 0 Å². The zero-order valence-electron chi connectivity index (χ0n) is 19.2. The summed E-state index contributed by atoms with van der Waals surface area (Å²) < 4.78 is 10.7. The standard InChI is InChI=1S/C25H35N3O3/c1-5-22(21-9-6-19(2)7-10-21)26-25(29)18-28-14-12-27(13-15-28)17-20-8-11-23(30-3)24(16-20)31-4/h6-11,16,22H,5,12-15,17-18H2,1-4H3,(H,26,29)/t22-/m1/s1. The molecule has 6 heteroatoms. The molecule has 0 saturated carbocycles. The lowest BCUT2D eigenvalue weighted by Crippen LogP contribution is -2.49. The highest BCUT2D eigenvalue weighted by Crippen LogP contribution is 2.28. The molecule has 1 atom stereocenters. The van der Waals surface area contributed by atoms with E-state index in [1.165, 1.54) is 16.7 Å². The molecule has 1 N–H and O–H groups in total. The second-order valence-corrected chi connectivity index (χ2v) is 8.18. The van der Waals surface area contributed by atoms with Crippen LogP contribution in [-0.2, 0) is 11.3 Å². The van der Waals surface area contributed by atoms with Gasteiger partial charge in [0.05, 0.1) is 26.8 Å². The molecule has 0 spiro atoms. The summed E-state index contributed by atoms with van der Waals surface area (Å²) in [5.41, 5.74) is 3.60. The van der Waals surface area contributed by atoms with E-state index < -0.39 is 0 Å². The third-order valence-corrected chi connectivity index (χ3v) is 5.91. The number of piperazine rings is 1. The summed E-state index contributed by atoms with van der Waals surface area (Å²) in [4.78, 5) is 17.3. The molecule has 0 unspecified atom stereocenters. The molecule has 6 nitrogen and oxygen atoms in total. The number of methoxy groups -OCH3 is 2. The number of hydrogen-bond acceptors (Lipinski definition) is 5. The summed E-state index contributed by atoms with van der Waals surface area (Å²) in [5, 5.41) is 3.20. The Kier molecular flexibility index (Phi) is 8.32. The first kappa shape index (κ1) is 23.1. The number of rotatable bonds is 9. The van der Waals surface area contributed by atoms with Gasteiger partial charge in [0.15, 0.2) is 11.5 Å². The van der Waals surface area contributed by atoms with Crippen LogP contribution >= 0.6 is 0 Å². The Balaban J connectivity index is 1.46. The molecule has 0 bridgehead atoms. The highest BCUT2D eigenvalue weighted by molar-refractivity contribution is 5.78. The van der Waals surface area contributed by atoms with Gasteiger partial charge in [-0.25, -0.2) is 0 Å². The number of aryl methyl sites for hydroxylation is 1. The van der Waals surface area contributed by atoms with Crippen molar-refractivity contribution in [2.75, 3.05) is 46.9 Å². The monoisotopic (exact) mass is 425 g/mol. The zero-order chi connectivity index (χ0) is 22.2. The maximum atomic E-state index is 12.6. The molecule has 0 aromatic heterocycles. The van der Waals surface area contributed by atoms with E-state index in [-0.39, 0.29) is 11.9 Å². The Morgan fingerprint density at radius 3 is 2.23 bits per heavy atom. The average Bonchev–Trinajstić information content (AvgIpc) is 2.79. The van der Waals surface area contributed by atoms with E-state index in [2.05, 4.69) is 59.3 Å². The van der Waals surface area contributed by atoms with Crippen LogP contribution in [0.5, 0.6) is 11.5 Å². The van der Waals surface area contributed by atoms with Crippen LogP contribution in [0, 0.1) is 6.92 Å². The molecule has 2 aromatic rings. The van der Waals surface area contributed by atoms with Crippen LogP contribution in [0.4, 0.5) is 0 Å². The molecule has 2 aromatic carbocycles. The smallest absolute Gasteiger partial charge is 0.234 e. The van der Waals surface area contributed by atoms with Crippen molar-refractivity contribution in [2.24, 2.45) is 0 Å². The van der Waals surface area contributed by atoms with E-state index in [1.54, 1.807) is 14.2 Å². The Labute approximate surface area is 186 Å². The maximum absolute atomic E-state index is 12.6. The van der Waals surface area contributed by atoms with Gasteiger partial charge in [0.2, 0.25) is 5.91 Å². The van der Waals surface area contributed by atoms with Gasteiger partial charge >= 0.3 is 0 Å². The normalized spacial score (nSPS) is 16.0. The first-order valence-corrected chi connectivity index (χ1v) is 11.0. The van der Waals surface area contributed by atoms with E-state index in [1.807, 2.05) is 12.1 Å². The lowest BCUT2D eigenvalue weighted by atomic mass is 10.0. The second-order valence-electron chi connectivity index (χ2n) is 8.18. The van der Waals surface area contributed by atoms with Crippen molar-refractivity contribution >= 4 is 5.91 Å². The predicted molar refractivity (Wildman–Crippen MR) is 124 cm³/mol. The molecule has 1 amide bonds. The van der Waals surface area contributed by atoms with Crippen molar-refractivity contribution in [3.05, 3.63) is 59.2 Å². The van der Waals surface area contributed by atoms with Gasteiger partial charge in [0, 0.05) is 32.7 Å². The molecule has 3 rings (SSSR count). The number of amides is 1. The van der Waals surface area contributed by atoms with Gasteiger partial charge in [0.1, 0.15) is 0 Å². The summed E-state index contributed by atoms with van der Waals surface area (Å²) in [6, 6.07) is 14.6. The zero-order valence-corrected chi connectivity index (χ0v) is 19.2. The highest BCUT2D eigenvalue weighted by Gasteiger charge is 2.21. The van der Waals surface area contributed by atoms with Crippen molar-refractivity contribution in [1.29, 1.82) is 0 Å². The van der Waals surface area contributed by atoms with Crippen molar-refractivity contribution in [3.8, 4) is 11.5 Å². The fourth-order valence-electron chi connectivity index (χ4n) is 4.01. The largest absolute Gasteiger partial charge is 0.493 e. The van der Waals surface area contributed by atoms with Crippen LogP contribution in [0.3, 0.4) is 0 Å². The number of benzene rings is 2. The van der Waals surface area contributed by atoms with E-state index in [0.29, 0.717) is 6.54 Å². The van der Waals surface area contributed by atoms with E-state index in [0.717, 1.165) is 50.6 Å². The lowest BCUT2D eigenvalue weighted by Gasteiger charge is -2.34. The summed E-state index contributed by atoms with van der Waals surface area (Å²) in [5.74, 6) is 1.60. The maximum Gasteiger partial charge on any atom is 0.234 e. The number of carbonyl (C=O) groups is 1. The van der Waals surface area contributed by atoms with Gasteiger partial charge in [-0.2, -0.15) is 0 Å². The minimum Gasteiger partial charge on any atom is -0.493 e. The number of nitrogens with zero attached hydrogens (tertiary/aromatic N) is 2. The Morgan fingerprint density at radius 2 is 1.61 bits per heavy atom. The molecule has 0 aliphatic carbocycles. The number of carbonyl (C=O) groups excluding carboxylic acids is 1. The van der Waals surface area contributed by atoms with Gasteiger partial charge in [-0.1, -0.05) is 42.8 Å². The molecule has 1 heterocycles. The van der Waals surface area contributed by atoms with E-state index in [9.17, 15) is 4.79 Å². The molecule has 1 saturated heterocycles. The lowest BCUT2D eigenvalue weighted by molar-refractivity contribution is -0.123. The van der Waals surface area contributed by atoms with Gasteiger partial charge in [-0.15, -0.1) is 0 Å². The molecule has 31 heavy (non-hydrogen) atoms. The molecule has 1 aliphatic heterocycles. The molecule has 168 valence electrons. The highest BCUT2D eigenvalue weighted by atomic mass is 16.5. The molecule has 0 radical (unpaired) electrons. The van der Waals surface area contributed by atoms with Crippen molar-refractivity contribution in [3.63, 3.8) is 0 Å². The molecular weight excluding hydrogens is 390 g/mol. The summed E-state index contributed by atoms with van der Waals surface area (Å²) in [6.07, 6.45) is 0.883. The van der Waals surface area contributed by atoms with Crippen LogP contribution in [0.2, 0.25) is 0 Å². The molecular formula is C25H35N3O3. The second kappa shape index (κ2) is 11.2. The van der Waals surface area contributed by atoms with Gasteiger partial charge in [-0.05, 0) is 36.6 Å². The quantitative estimate of drug-likeness (QED) is 0.667. The van der Waals surface area contributed by atoms with Crippen molar-refractivity contribution in [1.82, 2.24) is 15.1 Å². The van der Waals surface area contributed by atoms with E-state index in [4.69, 9.17) is 9.47 Å². The van der Waals surface area contributed by atoms with Gasteiger partial charge in [-0.3, -0.25) is 14.6 Å².